The predicted octanol–water partition coefficient (Wildman–Crippen LogP) is -2.40. The van der Waals surface area contributed by atoms with Crippen LogP contribution in [-0.4, -0.2) is 140 Å². The zero-order valence-corrected chi connectivity index (χ0v) is 40.7. The Balaban J connectivity index is 1.63. The molecule has 384 valence electrons. The number of carboxylic acids is 1. The molecule has 4 rings (SSSR count). The monoisotopic (exact) mass is 1020 g/mol. The number of hydrogen-bond donors (Lipinski definition) is 16. The van der Waals surface area contributed by atoms with Gasteiger partial charge in [-0.15, -0.1) is 0 Å². The normalized spacial score (nSPS) is 14.0. The number of hydrogen-bond acceptors (Lipinski definition) is 13. The van der Waals surface area contributed by atoms with E-state index < -0.39 is 83.7 Å². The van der Waals surface area contributed by atoms with E-state index in [-0.39, 0.29) is 81.5 Å². The third kappa shape index (κ3) is 18.8. The summed E-state index contributed by atoms with van der Waals surface area (Å²) in [5.41, 5.74) is 30.4. The summed E-state index contributed by atoms with van der Waals surface area (Å²) in [4.78, 5) is 114. The number of benzene rings is 2. The van der Waals surface area contributed by atoms with Gasteiger partial charge in [0.2, 0.25) is 35.4 Å². The molecule has 2 heterocycles. The Kier molecular flexibility index (Phi) is 23.0. The molecule has 19 N–H and O–H groups in total. The van der Waals surface area contributed by atoms with Gasteiger partial charge < -0.3 is 75.6 Å². The van der Waals surface area contributed by atoms with E-state index in [0.29, 0.717) is 23.2 Å². The lowest BCUT2D eigenvalue weighted by atomic mass is 10.0. The first-order chi connectivity index (χ1) is 34.0. The van der Waals surface area contributed by atoms with Gasteiger partial charge in [0.25, 0.3) is 0 Å². The van der Waals surface area contributed by atoms with Crippen LogP contribution >= 0.6 is 25.3 Å². The number of imidazole rings is 1. The highest BCUT2D eigenvalue weighted by Gasteiger charge is 2.34. The zero-order valence-electron chi connectivity index (χ0n) is 38.9. The summed E-state index contributed by atoms with van der Waals surface area (Å²) in [6, 6.07) is 6.95. The number of aliphatic imine (C=N–C) groups is 2. The Bertz CT molecular complexity index is 2450. The minimum atomic E-state index is -1.39. The number of aliphatic carboxylic acids is 1. The van der Waals surface area contributed by atoms with Crippen LogP contribution < -0.4 is 60.6 Å². The second-order valence-electron chi connectivity index (χ2n) is 16.4. The number of nitrogens with one attached hydrogen (secondary N) is 8. The second-order valence-corrected chi connectivity index (χ2v) is 17.3. The van der Waals surface area contributed by atoms with Gasteiger partial charge in [0.15, 0.2) is 11.9 Å². The maximum Gasteiger partial charge on any atom is 0.327 e. The van der Waals surface area contributed by atoms with Crippen LogP contribution in [0.5, 0.6) is 0 Å². The number of fused-ring (bicyclic) bond motifs is 1. The highest BCUT2D eigenvalue weighted by Crippen LogP contribution is 2.20. The number of carbonyl (C=O) groups excluding carboxylic acids is 6. The molecule has 26 heteroatoms. The van der Waals surface area contributed by atoms with E-state index >= 15 is 0 Å². The van der Waals surface area contributed by atoms with Crippen molar-refractivity contribution in [2.75, 3.05) is 24.6 Å². The molecule has 71 heavy (non-hydrogen) atoms. The number of nitrogens with two attached hydrogens (primary N) is 5. The van der Waals surface area contributed by atoms with Gasteiger partial charge in [-0.25, -0.2) is 9.78 Å². The number of guanidine groups is 2. The molecule has 0 aliphatic carbocycles. The van der Waals surface area contributed by atoms with Crippen molar-refractivity contribution in [2.45, 2.75) is 93.7 Å². The van der Waals surface area contributed by atoms with Crippen LogP contribution in [0.1, 0.15) is 48.9 Å². The molecule has 4 aromatic rings. The van der Waals surface area contributed by atoms with E-state index in [1.54, 1.807) is 42.6 Å². The van der Waals surface area contributed by atoms with Gasteiger partial charge in [-0.3, -0.25) is 38.8 Å². The quantitative estimate of drug-likeness (QED) is 0.0112. The topological polar surface area (TPSA) is 411 Å². The molecular formula is C45H64N16O8S2. The third-order valence-corrected chi connectivity index (χ3v) is 11.6. The minimum absolute atomic E-state index is 0.0582. The first-order valence-corrected chi connectivity index (χ1v) is 23.9. The number of carbonyl (C=O) groups is 7. The molecule has 24 nitrogen and oxygen atoms in total. The second kappa shape index (κ2) is 29.0. The number of carboxylic acid groups (broad SMARTS) is 1. The first kappa shape index (κ1) is 56.3. The summed E-state index contributed by atoms with van der Waals surface area (Å²) >= 11 is 8.34. The van der Waals surface area contributed by atoms with Crippen molar-refractivity contribution in [2.24, 2.45) is 38.7 Å². The molecule has 2 aromatic carbocycles. The lowest BCUT2D eigenvalue weighted by molar-refractivity contribution is -0.141. The predicted molar refractivity (Wildman–Crippen MR) is 274 cm³/mol. The Morgan fingerprint density at radius 3 is 1.68 bits per heavy atom. The maximum atomic E-state index is 14.6. The van der Waals surface area contributed by atoms with Gasteiger partial charge >= 0.3 is 5.97 Å². The van der Waals surface area contributed by atoms with Crippen LogP contribution in [0.25, 0.3) is 10.9 Å². The van der Waals surface area contributed by atoms with E-state index in [1.807, 2.05) is 18.2 Å². The zero-order chi connectivity index (χ0) is 51.9. The lowest BCUT2D eigenvalue weighted by Crippen LogP contribution is -2.60. The Hall–Kier alpha value is -7.32. The smallest absolute Gasteiger partial charge is 0.327 e. The fraction of sp³-hybridized carbons (Fsp3) is 0.422. The van der Waals surface area contributed by atoms with Gasteiger partial charge in [0.1, 0.15) is 36.3 Å². The van der Waals surface area contributed by atoms with Crippen molar-refractivity contribution < 1.29 is 38.7 Å². The molecule has 0 saturated heterocycles. The molecule has 0 spiro atoms. The minimum Gasteiger partial charge on any atom is -0.480 e. The summed E-state index contributed by atoms with van der Waals surface area (Å²) in [5.74, 6) is -6.37. The number of amides is 6. The van der Waals surface area contributed by atoms with E-state index in [4.69, 9.17) is 28.7 Å². The molecule has 0 bridgehead atoms. The number of aromatic amines is 2. The number of rotatable bonds is 30. The number of para-hydroxylation sites is 1. The van der Waals surface area contributed by atoms with Gasteiger partial charge in [-0.2, -0.15) is 25.3 Å². The molecule has 6 amide bonds. The van der Waals surface area contributed by atoms with Crippen LogP contribution in [0.4, 0.5) is 0 Å². The van der Waals surface area contributed by atoms with Crippen molar-refractivity contribution in [3.63, 3.8) is 0 Å². The van der Waals surface area contributed by atoms with Crippen LogP contribution in [-0.2, 0) is 52.8 Å². The summed E-state index contributed by atoms with van der Waals surface area (Å²) < 4.78 is 0. The van der Waals surface area contributed by atoms with E-state index in [9.17, 15) is 38.7 Å². The van der Waals surface area contributed by atoms with Crippen LogP contribution in [0.2, 0.25) is 0 Å². The molecule has 7 atom stereocenters. The molecule has 0 fully saturated rings. The Labute approximate surface area is 420 Å². The Morgan fingerprint density at radius 1 is 0.606 bits per heavy atom. The highest BCUT2D eigenvalue weighted by atomic mass is 32.1. The lowest BCUT2D eigenvalue weighted by Gasteiger charge is -2.27. The van der Waals surface area contributed by atoms with Crippen molar-refractivity contribution in [3.8, 4) is 0 Å². The van der Waals surface area contributed by atoms with Crippen LogP contribution in [0, 0.1) is 0 Å². The van der Waals surface area contributed by atoms with Crippen LogP contribution in [0.15, 0.2) is 83.3 Å². The molecular weight excluding hydrogens is 957 g/mol. The number of nitrogens with zero attached hydrogens (tertiary/aromatic N) is 3. The number of thiol groups is 2. The molecule has 0 aliphatic rings. The summed E-state index contributed by atoms with van der Waals surface area (Å²) in [5, 5.41) is 26.4. The maximum absolute atomic E-state index is 14.6. The van der Waals surface area contributed by atoms with Crippen molar-refractivity contribution >= 4 is 89.5 Å². The average Bonchev–Trinajstić information content (AvgIpc) is 4.02. The molecule has 0 radical (unpaired) electrons. The molecule has 0 unspecified atom stereocenters. The van der Waals surface area contributed by atoms with E-state index in [2.05, 4.69) is 82.1 Å². The van der Waals surface area contributed by atoms with Crippen molar-refractivity contribution in [1.29, 1.82) is 0 Å². The SMILES string of the molecule is NC(N)=NCCC[C@H](NC(=O)[C@@H](Cc1ccccc1)NC(=O)[C@H](Cc1cnc[nH]1)NC(=O)[C@H](CCS)NC(=O)[C@@H](N)CCCN=C(N)N)C(=O)N[C@@H](Cc1c[nH]c2ccccc12)C(=O)N[C@@H](CS)C(=O)O. The third-order valence-electron chi connectivity index (χ3n) is 11.0. The summed E-state index contributed by atoms with van der Waals surface area (Å²) in [6.45, 7) is 0.298. The first-order valence-electron chi connectivity index (χ1n) is 22.7. The number of H-pyrrole nitrogens is 2. The van der Waals surface area contributed by atoms with Crippen molar-refractivity contribution in [3.05, 3.63) is 90.1 Å². The van der Waals surface area contributed by atoms with E-state index in [0.717, 1.165) is 10.9 Å². The van der Waals surface area contributed by atoms with Crippen molar-refractivity contribution in [1.82, 2.24) is 46.9 Å². The molecule has 0 saturated carbocycles. The highest BCUT2D eigenvalue weighted by molar-refractivity contribution is 7.80. The molecule has 2 aromatic heterocycles. The van der Waals surface area contributed by atoms with Gasteiger partial charge in [0, 0.05) is 67.1 Å². The van der Waals surface area contributed by atoms with Gasteiger partial charge in [0.05, 0.1) is 12.4 Å². The fourth-order valence-electron chi connectivity index (χ4n) is 7.26. The summed E-state index contributed by atoms with van der Waals surface area (Å²) in [6.07, 6.45) is 4.96. The summed E-state index contributed by atoms with van der Waals surface area (Å²) in [7, 11) is 0. The van der Waals surface area contributed by atoms with Gasteiger partial charge in [-0.1, -0.05) is 48.5 Å². The average molecular weight is 1020 g/mol. The van der Waals surface area contributed by atoms with Gasteiger partial charge in [-0.05, 0) is 55.1 Å². The Morgan fingerprint density at radius 2 is 1.11 bits per heavy atom. The standard InChI is InChI=1S/C45H64N16O8S2/c46-29(11-6-15-52-44(47)48)37(62)56-32(14-17-70)39(64)60-35(20-27-22-51-24-55-27)42(67)58-33(18-25-8-2-1-3-9-25)40(65)57-31(13-7-16-53-45(49)50)38(63)59-34(41(66)61-36(23-71)43(68)69)19-26-21-54-30-12-5-4-10-28(26)30/h1-5,8-10,12,21-22,24,29,31-36,54,70-71H,6-7,11,13-20,23,46H2,(H,51,55)(H,56,62)(H,57,65)(H,58,67)(H,59,63)(H,60,64)(H,61,66)(H,68,69)(H4,47,48,52)(H4,49,50,53)/t29-,31-,32-,33+,34-,35-,36-/m0/s1. The fourth-order valence-corrected chi connectivity index (χ4v) is 7.77. The molecule has 0 aliphatic heterocycles. The number of aromatic nitrogens is 3. The van der Waals surface area contributed by atoms with E-state index in [1.165, 1.54) is 12.5 Å². The van der Waals surface area contributed by atoms with Crippen LogP contribution in [0.3, 0.4) is 0 Å². The largest absolute Gasteiger partial charge is 0.480 e.